The van der Waals surface area contributed by atoms with Gasteiger partial charge >= 0.3 is 0 Å². The number of hydrogen-bond donors (Lipinski definition) is 1. The zero-order valence-electron chi connectivity index (χ0n) is 18.0. The quantitative estimate of drug-likeness (QED) is 0.424. The number of nitro groups is 1. The lowest BCUT2D eigenvalue weighted by Crippen LogP contribution is -2.25. The molecule has 170 valence electrons. The summed E-state index contributed by atoms with van der Waals surface area (Å²) in [5.41, 5.74) is 7.51. The molecule has 1 aliphatic rings. The number of nitrogens with two attached hydrogens (primary N) is 1. The maximum atomic E-state index is 14.0. The number of hydrogen-bond acceptors (Lipinski definition) is 7. The molecule has 3 aromatic rings. The van der Waals surface area contributed by atoms with E-state index in [0.29, 0.717) is 11.1 Å². The van der Waals surface area contributed by atoms with Crippen molar-refractivity contribution in [3.8, 4) is 6.07 Å². The molecule has 9 heteroatoms. The van der Waals surface area contributed by atoms with Crippen LogP contribution in [0.25, 0.3) is 5.76 Å². The molecule has 4 rings (SSSR count). The van der Waals surface area contributed by atoms with Crippen LogP contribution in [0.2, 0.25) is 0 Å². The molecule has 0 spiro atoms. The van der Waals surface area contributed by atoms with Crippen molar-refractivity contribution in [1.29, 1.82) is 5.26 Å². The molecule has 0 radical (unpaired) electrons. The minimum absolute atomic E-state index is 0.000952. The summed E-state index contributed by atoms with van der Waals surface area (Å²) in [5, 5.41) is 21.0. The van der Waals surface area contributed by atoms with Crippen molar-refractivity contribution in [3.63, 3.8) is 0 Å². The second kappa shape index (κ2) is 8.84. The van der Waals surface area contributed by atoms with Crippen molar-refractivity contribution >= 4 is 21.3 Å². The fraction of sp³-hybridized carbons (Fsp3) is 0.0800. The number of nitrogens with zero attached hydrogens (tertiary/aromatic N) is 2. The predicted molar refractivity (Wildman–Crippen MR) is 125 cm³/mol. The monoisotopic (exact) mass is 473 g/mol. The zero-order valence-corrected chi connectivity index (χ0v) is 18.8. The van der Waals surface area contributed by atoms with Crippen molar-refractivity contribution in [3.05, 3.63) is 122 Å². The number of nitro benzene ring substituents is 1. The van der Waals surface area contributed by atoms with Crippen molar-refractivity contribution in [1.82, 2.24) is 0 Å². The molecular weight excluding hydrogens is 454 g/mol. The summed E-state index contributed by atoms with van der Waals surface area (Å²) in [6.07, 6.45) is 0. The van der Waals surface area contributed by atoms with Gasteiger partial charge in [-0.15, -0.1) is 0 Å². The van der Waals surface area contributed by atoms with Gasteiger partial charge in [-0.3, -0.25) is 10.1 Å². The van der Waals surface area contributed by atoms with Gasteiger partial charge in [-0.05, 0) is 24.6 Å². The van der Waals surface area contributed by atoms with E-state index in [0.717, 1.165) is 5.56 Å². The molecule has 1 atom stereocenters. The summed E-state index contributed by atoms with van der Waals surface area (Å²) in [6.45, 7) is 1.84. The van der Waals surface area contributed by atoms with Gasteiger partial charge in [0.15, 0.2) is 5.76 Å². The first-order valence-corrected chi connectivity index (χ1v) is 11.7. The van der Waals surface area contributed by atoms with Crippen molar-refractivity contribution < 1.29 is 18.1 Å². The highest BCUT2D eigenvalue weighted by Gasteiger charge is 2.41. The van der Waals surface area contributed by atoms with Gasteiger partial charge in [0.1, 0.15) is 16.5 Å². The third-order valence-corrected chi connectivity index (χ3v) is 7.36. The van der Waals surface area contributed by atoms with E-state index >= 15 is 0 Å². The number of ether oxygens (including phenoxy) is 1. The summed E-state index contributed by atoms with van der Waals surface area (Å²) in [5.74, 6) is -1.35. The van der Waals surface area contributed by atoms with Crippen LogP contribution in [-0.2, 0) is 14.6 Å². The van der Waals surface area contributed by atoms with E-state index in [1.165, 1.54) is 36.4 Å². The Labute approximate surface area is 196 Å². The maximum absolute atomic E-state index is 14.0. The standard InChI is InChI=1S/C25H19N3O5S/c1-16-7-13-20(14-8-16)34(31,32)24-22(17-9-11-19(12-10-17)28(29)30)21(15-26)25(27)33-23(24)18-5-3-2-4-6-18/h2-14,22H,27H2,1H3. The van der Waals surface area contributed by atoms with E-state index in [-0.39, 0.29) is 32.7 Å². The third-order valence-electron chi connectivity index (χ3n) is 5.47. The summed E-state index contributed by atoms with van der Waals surface area (Å²) in [4.78, 5) is 10.4. The highest BCUT2D eigenvalue weighted by atomic mass is 32.2. The molecule has 0 saturated carbocycles. The lowest BCUT2D eigenvalue weighted by Gasteiger charge is -2.29. The van der Waals surface area contributed by atoms with E-state index in [9.17, 15) is 23.8 Å². The van der Waals surface area contributed by atoms with E-state index in [1.54, 1.807) is 42.5 Å². The van der Waals surface area contributed by atoms with Crippen LogP contribution < -0.4 is 5.73 Å². The Hall–Kier alpha value is -4.42. The largest absolute Gasteiger partial charge is 0.439 e. The number of nitriles is 1. The van der Waals surface area contributed by atoms with Crippen LogP contribution in [0.5, 0.6) is 0 Å². The van der Waals surface area contributed by atoms with Crippen LogP contribution in [-0.4, -0.2) is 13.3 Å². The first-order valence-electron chi connectivity index (χ1n) is 10.2. The molecule has 8 nitrogen and oxygen atoms in total. The van der Waals surface area contributed by atoms with Crippen molar-refractivity contribution in [2.45, 2.75) is 17.7 Å². The van der Waals surface area contributed by atoms with E-state index < -0.39 is 20.7 Å². The minimum Gasteiger partial charge on any atom is -0.439 e. The first-order chi connectivity index (χ1) is 16.2. The van der Waals surface area contributed by atoms with Gasteiger partial charge < -0.3 is 10.5 Å². The number of aryl methyl sites for hydroxylation is 1. The Morgan fingerprint density at radius 3 is 2.18 bits per heavy atom. The molecule has 1 heterocycles. The summed E-state index contributed by atoms with van der Waals surface area (Å²) in [6, 6.07) is 22.2. The molecule has 1 unspecified atom stereocenters. The van der Waals surface area contributed by atoms with Gasteiger partial charge in [-0.2, -0.15) is 5.26 Å². The van der Waals surface area contributed by atoms with Gasteiger partial charge in [0.25, 0.3) is 5.69 Å². The number of rotatable bonds is 5. The van der Waals surface area contributed by atoms with Crippen LogP contribution in [0.15, 0.2) is 100 Å². The predicted octanol–water partition coefficient (Wildman–Crippen LogP) is 4.55. The average Bonchev–Trinajstić information content (AvgIpc) is 2.84. The Kier molecular flexibility index (Phi) is 5.92. The van der Waals surface area contributed by atoms with Gasteiger partial charge in [0.05, 0.1) is 15.7 Å². The molecule has 3 aromatic carbocycles. The van der Waals surface area contributed by atoms with Gasteiger partial charge in [0, 0.05) is 17.7 Å². The van der Waals surface area contributed by atoms with Crippen LogP contribution in [0.4, 0.5) is 5.69 Å². The van der Waals surface area contributed by atoms with E-state index in [1.807, 2.05) is 13.0 Å². The van der Waals surface area contributed by atoms with Gasteiger partial charge in [-0.25, -0.2) is 8.42 Å². The summed E-state index contributed by atoms with van der Waals surface area (Å²) in [7, 11) is -4.19. The average molecular weight is 474 g/mol. The lowest BCUT2D eigenvalue weighted by atomic mass is 9.88. The maximum Gasteiger partial charge on any atom is 0.269 e. The minimum atomic E-state index is -4.19. The second-order valence-electron chi connectivity index (χ2n) is 7.65. The van der Waals surface area contributed by atoms with Crippen LogP contribution in [0.3, 0.4) is 0 Å². The van der Waals surface area contributed by atoms with Crippen LogP contribution in [0.1, 0.15) is 22.6 Å². The number of sulfone groups is 1. The Bertz CT molecular complexity index is 1470. The Morgan fingerprint density at radius 2 is 1.62 bits per heavy atom. The smallest absolute Gasteiger partial charge is 0.269 e. The zero-order chi connectivity index (χ0) is 24.5. The molecule has 0 aliphatic carbocycles. The topological polar surface area (TPSA) is 136 Å². The van der Waals surface area contributed by atoms with Gasteiger partial charge in [-0.1, -0.05) is 60.2 Å². The Morgan fingerprint density at radius 1 is 1.00 bits per heavy atom. The highest BCUT2D eigenvalue weighted by molar-refractivity contribution is 7.95. The molecule has 0 amide bonds. The first kappa shape index (κ1) is 22.8. The van der Waals surface area contributed by atoms with E-state index in [4.69, 9.17) is 10.5 Å². The van der Waals surface area contributed by atoms with Crippen molar-refractivity contribution in [2.75, 3.05) is 0 Å². The molecular formula is C25H19N3O5S. The fourth-order valence-electron chi connectivity index (χ4n) is 3.76. The summed E-state index contributed by atoms with van der Waals surface area (Å²) >= 11 is 0. The molecule has 1 aliphatic heterocycles. The summed E-state index contributed by atoms with van der Waals surface area (Å²) < 4.78 is 33.7. The molecule has 0 saturated heterocycles. The molecule has 34 heavy (non-hydrogen) atoms. The molecule has 0 bridgehead atoms. The number of non-ortho nitro benzene ring substituents is 1. The van der Waals surface area contributed by atoms with Gasteiger partial charge in [0.2, 0.25) is 15.7 Å². The normalized spacial score (nSPS) is 16.1. The lowest BCUT2D eigenvalue weighted by molar-refractivity contribution is -0.384. The number of allylic oxidation sites excluding steroid dienone is 2. The molecule has 2 N–H and O–H groups in total. The van der Waals surface area contributed by atoms with E-state index in [2.05, 4.69) is 0 Å². The Balaban J connectivity index is 2.04. The van der Waals surface area contributed by atoms with Crippen LogP contribution >= 0.6 is 0 Å². The highest BCUT2D eigenvalue weighted by Crippen LogP contribution is 2.46. The van der Waals surface area contributed by atoms with Crippen LogP contribution in [0, 0.1) is 28.4 Å². The molecule has 0 fully saturated rings. The third kappa shape index (κ3) is 4.02. The second-order valence-corrected chi connectivity index (χ2v) is 9.57. The molecule has 0 aromatic heterocycles. The fourth-order valence-corrected chi connectivity index (χ4v) is 5.47. The number of benzene rings is 3. The van der Waals surface area contributed by atoms with Crippen molar-refractivity contribution in [2.24, 2.45) is 5.73 Å². The SMILES string of the molecule is Cc1ccc(S(=O)(=O)C2=C(c3ccccc3)OC(N)=C(C#N)C2c2ccc([N+](=O)[O-])cc2)cc1.